The standard InChI is InChI=1S/C14H25N3/c1-5-8-12(3)17(4)14-13(11-15-6-2)9-7-10-16-14/h7,9-10,12,15H,5-6,8,11H2,1-4H3. The highest BCUT2D eigenvalue weighted by molar-refractivity contribution is 5.46. The topological polar surface area (TPSA) is 28.2 Å². The number of aromatic nitrogens is 1. The SMILES string of the molecule is CCCC(C)N(C)c1ncccc1CNCC. The van der Waals surface area contributed by atoms with E-state index in [9.17, 15) is 0 Å². The summed E-state index contributed by atoms with van der Waals surface area (Å²) in [5.74, 6) is 1.11. The first-order valence-corrected chi connectivity index (χ1v) is 6.58. The zero-order chi connectivity index (χ0) is 12.7. The molecule has 0 bridgehead atoms. The molecule has 17 heavy (non-hydrogen) atoms. The number of nitrogens with one attached hydrogen (secondary N) is 1. The van der Waals surface area contributed by atoms with Crippen LogP contribution in [-0.4, -0.2) is 24.6 Å². The van der Waals surface area contributed by atoms with Crippen LogP contribution in [0.2, 0.25) is 0 Å². The summed E-state index contributed by atoms with van der Waals surface area (Å²) in [5, 5.41) is 3.36. The van der Waals surface area contributed by atoms with Crippen LogP contribution in [0.1, 0.15) is 39.2 Å². The molecular weight excluding hydrogens is 210 g/mol. The van der Waals surface area contributed by atoms with Crippen LogP contribution in [0.25, 0.3) is 0 Å². The molecule has 1 rings (SSSR count). The highest BCUT2D eigenvalue weighted by Gasteiger charge is 2.13. The van der Waals surface area contributed by atoms with Crippen molar-refractivity contribution in [3.63, 3.8) is 0 Å². The lowest BCUT2D eigenvalue weighted by molar-refractivity contribution is 0.606. The molecule has 1 aromatic heterocycles. The van der Waals surface area contributed by atoms with Crippen molar-refractivity contribution in [2.75, 3.05) is 18.5 Å². The molecule has 0 saturated heterocycles. The third-order valence-electron chi connectivity index (χ3n) is 3.13. The minimum Gasteiger partial charge on any atom is -0.357 e. The number of hydrogen-bond acceptors (Lipinski definition) is 3. The van der Waals surface area contributed by atoms with Gasteiger partial charge in [0.1, 0.15) is 5.82 Å². The molecular formula is C14H25N3. The van der Waals surface area contributed by atoms with Gasteiger partial charge in [-0.15, -0.1) is 0 Å². The lowest BCUT2D eigenvalue weighted by Gasteiger charge is -2.27. The largest absolute Gasteiger partial charge is 0.357 e. The molecule has 1 atom stereocenters. The predicted molar refractivity (Wildman–Crippen MR) is 74.4 cm³/mol. The summed E-state index contributed by atoms with van der Waals surface area (Å²) in [6, 6.07) is 4.70. The zero-order valence-corrected chi connectivity index (χ0v) is 11.5. The predicted octanol–water partition coefficient (Wildman–Crippen LogP) is 2.82. The van der Waals surface area contributed by atoms with Crippen molar-refractivity contribution < 1.29 is 0 Å². The van der Waals surface area contributed by atoms with Crippen molar-refractivity contribution in [3.8, 4) is 0 Å². The Morgan fingerprint density at radius 3 is 2.82 bits per heavy atom. The van der Waals surface area contributed by atoms with Gasteiger partial charge in [-0.1, -0.05) is 26.3 Å². The molecule has 0 amide bonds. The van der Waals surface area contributed by atoms with E-state index in [1.165, 1.54) is 18.4 Å². The molecule has 1 N–H and O–H groups in total. The van der Waals surface area contributed by atoms with Gasteiger partial charge in [-0.3, -0.25) is 0 Å². The average molecular weight is 235 g/mol. The second-order valence-electron chi connectivity index (χ2n) is 4.52. The summed E-state index contributed by atoms with van der Waals surface area (Å²) in [5.41, 5.74) is 1.28. The molecule has 0 saturated carbocycles. The summed E-state index contributed by atoms with van der Waals surface area (Å²) in [7, 11) is 2.14. The van der Waals surface area contributed by atoms with Crippen molar-refractivity contribution in [1.82, 2.24) is 10.3 Å². The van der Waals surface area contributed by atoms with Crippen molar-refractivity contribution in [2.24, 2.45) is 0 Å². The van der Waals surface area contributed by atoms with E-state index in [0.29, 0.717) is 6.04 Å². The lowest BCUT2D eigenvalue weighted by atomic mass is 10.1. The second kappa shape index (κ2) is 7.28. The van der Waals surface area contributed by atoms with Crippen LogP contribution in [0.15, 0.2) is 18.3 Å². The fourth-order valence-electron chi connectivity index (χ4n) is 1.97. The maximum atomic E-state index is 4.52. The Hall–Kier alpha value is -1.09. The van der Waals surface area contributed by atoms with Crippen LogP contribution in [-0.2, 0) is 6.54 Å². The van der Waals surface area contributed by atoms with Gasteiger partial charge in [-0.2, -0.15) is 0 Å². The molecule has 0 spiro atoms. The molecule has 0 fully saturated rings. The van der Waals surface area contributed by atoms with Crippen molar-refractivity contribution >= 4 is 5.82 Å². The minimum absolute atomic E-state index is 0.537. The van der Waals surface area contributed by atoms with Gasteiger partial charge in [-0.05, 0) is 26.0 Å². The van der Waals surface area contributed by atoms with Crippen LogP contribution < -0.4 is 10.2 Å². The van der Waals surface area contributed by atoms with Crippen LogP contribution in [0.3, 0.4) is 0 Å². The smallest absolute Gasteiger partial charge is 0.132 e. The quantitative estimate of drug-likeness (QED) is 0.787. The molecule has 1 heterocycles. The maximum absolute atomic E-state index is 4.52. The molecule has 1 unspecified atom stereocenters. The molecule has 0 radical (unpaired) electrons. The van der Waals surface area contributed by atoms with E-state index < -0.39 is 0 Å². The fraction of sp³-hybridized carbons (Fsp3) is 0.643. The van der Waals surface area contributed by atoms with E-state index in [4.69, 9.17) is 0 Å². The second-order valence-corrected chi connectivity index (χ2v) is 4.52. The van der Waals surface area contributed by atoms with E-state index >= 15 is 0 Å². The van der Waals surface area contributed by atoms with Crippen LogP contribution >= 0.6 is 0 Å². The van der Waals surface area contributed by atoms with E-state index in [2.05, 4.69) is 49.1 Å². The summed E-state index contributed by atoms with van der Waals surface area (Å²) in [4.78, 5) is 6.81. The molecule has 0 aliphatic rings. The molecule has 0 aliphatic carbocycles. The van der Waals surface area contributed by atoms with Crippen molar-refractivity contribution in [2.45, 2.75) is 46.2 Å². The highest BCUT2D eigenvalue weighted by Crippen LogP contribution is 2.19. The van der Waals surface area contributed by atoms with Crippen LogP contribution in [0.5, 0.6) is 0 Å². The Bertz CT molecular complexity index is 325. The van der Waals surface area contributed by atoms with E-state index in [-0.39, 0.29) is 0 Å². The van der Waals surface area contributed by atoms with Gasteiger partial charge in [-0.25, -0.2) is 4.98 Å². The number of nitrogens with zero attached hydrogens (tertiary/aromatic N) is 2. The first-order chi connectivity index (χ1) is 8.20. The summed E-state index contributed by atoms with van der Waals surface area (Å²) >= 11 is 0. The minimum atomic E-state index is 0.537. The molecule has 0 aliphatic heterocycles. The van der Waals surface area contributed by atoms with Gasteiger partial charge >= 0.3 is 0 Å². The highest BCUT2D eigenvalue weighted by atomic mass is 15.2. The Balaban J connectivity index is 2.80. The van der Waals surface area contributed by atoms with Gasteiger partial charge < -0.3 is 10.2 Å². The molecule has 3 heteroatoms. The van der Waals surface area contributed by atoms with Crippen LogP contribution in [0, 0.1) is 0 Å². The third-order valence-corrected chi connectivity index (χ3v) is 3.13. The number of pyridine rings is 1. The summed E-state index contributed by atoms with van der Waals surface area (Å²) < 4.78 is 0. The molecule has 1 aromatic rings. The number of hydrogen-bond donors (Lipinski definition) is 1. The lowest BCUT2D eigenvalue weighted by Crippen LogP contribution is -2.31. The van der Waals surface area contributed by atoms with Crippen LogP contribution in [0.4, 0.5) is 5.82 Å². The van der Waals surface area contributed by atoms with Gasteiger partial charge in [0.25, 0.3) is 0 Å². The van der Waals surface area contributed by atoms with Gasteiger partial charge in [0, 0.05) is 31.4 Å². The third kappa shape index (κ3) is 4.00. The Kier molecular flexibility index (Phi) is 5.98. The van der Waals surface area contributed by atoms with Gasteiger partial charge in [0.15, 0.2) is 0 Å². The Morgan fingerprint density at radius 1 is 1.41 bits per heavy atom. The maximum Gasteiger partial charge on any atom is 0.132 e. The number of anilines is 1. The normalized spacial score (nSPS) is 12.5. The first-order valence-electron chi connectivity index (χ1n) is 6.58. The van der Waals surface area contributed by atoms with Gasteiger partial charge in [0.05, 0.1) is 0 Å². The fourth-order valence-corrected chi connectivity index (χ4v) is 1.97. The summed E-state index contributed by atoms with van der Waals surface area (Å²) in [6.45, 7) is 8.49. The molecule has 3 nitrogen and oxygen atoms in total. The molecule has 96 valence electrons. The Labute approximate surface area is 105 Å². The van der Waals surface area contributed by atoms with E-state index in [1.54, 1.807) is 0 Å². The Morgan fingerprint density at radius 2 is 2.18 bits per heavy atom. The summed E-state index contributed by atoms with van der Waals surface area (Å²) in [6.07, 6.45) is 4.29. The van der Waals surface area contributed by atoms with E-state index in [1.807, 2.05) is 12.3 Å². The molecule has 0 aromatic carbocycles. The average Bonchev–Trinajstić information content (AvgIpc) is 2.36. The van der Waals surface area contributed by atoms with E-state index in [0.717, 1.165) is 18.9 Å². The van der Waals surface area contributed by atoms with Crippen molar-refractivity contribution in [3.05, 3.63) is 23.9 Å². The monoisotopic (exact) mass is 235 g/mol. The number of rotatable bonds is 7. The van der Waals surface area contributed by atoms with Gasteiger partial charge in [0.2, 0.25) is 0 Å². The zero-order valence-electron chi connectivity index (χ0n) is 11.5. The van der Waals surface area contributed by atoms with Crippen molar-refractivity contribution in [1.29, 1.82) is 0 Å². The first kappa shape index (κ1) is 14.0.